The molecule has 0 aromatic heterocycles. The summed E-state index contributed by atoms with van der Waals surface area (Å²) in [4.78, 5) is 11.8. The molecule has 0 saturated heterocycles. The van der Waals surface area contributed by atoms with Gasteiger partial charge in [-0.15, -0.1) is 0 Å². The van der Waals surface area contributed by atoms with E-state index in [-0.39, 0.29) is 12.4 Å². The number of ether oxygens (including phenoxy) is 2. The van der Waals surface area contributed by atoms with Gasteiger partial charge in [0, 0.05) is 10.9 Å². The van der Waals surface area contributed by atoms with Gasteiger partial charge in [-0.2, -0.15) is 0 Å². The molecule has 2 rings (SSSR count). The lowest BCUT2D eigenvalue weighted by Crippen LogP contribution is -2.25. The van der Waals surface area contributed by atoms with Crippen molar-refractivity contribution in [1.82, 2.24) is 0 Å². The predicted octanol–water partition coefficient (Wildman–Crippen LogP) is 3.27. The summed E-state index contributed by atoms with van der Waals surface area (Å²) in [5, 5.41) is 0. The highest BCUT2D eigenvalue weighted by Crippen LogP contribution is 2.32. The van der Waals surface area contributed by atoms with Crippen LogP contribution >= 0.6 is 15.9 Å². The number of hydrogen-bond donors (Lipinski definition) is 0. The summed E-state index contributed by atoms with van der Waals surface area (Å²) in [5.74, 6) is 0.705. The first-order valence-electron chi connectivity index (χ1n) is 6.01. The highest BCUT2D eigenvalue weighted by Gasteiger charge is 2.20. The Kier molecular flexibility index (Phi) is 3.66. The number of rotatable bonds is 2. The van der Waals surface area contributed by atoms with Crippen LogP contribution in [0.2, 0.25) is 0 Å². The number of carbonyl (C=O) groups is 1. The lowest BCUT2D eigenvalue weighted by atomic mass is 10.1. The zero-order valence-electron chi connectivity index (χ0n) is 10.9. The fourth-order valence-electron chi connectivity index (χ4n) is 1.92. The Morgan fingerprint density at radius 1 is 1.44 bits per heavy atom. The summed E-state index contributed by atoms with van der Waals surface area (Å²) < 4.78 is 11.7. The number of carbonyl (C=O) groups excluding carboxylic acids is 1. The average molecular weight is 313 g/mol. The second-order valence-corrected chi connectivity index (χ2v) is 6.27. The molecule has 1 heterocycles. The van der Waals surface area contributed by atoms with Gasteiger partial charge in [-0.05, 0) is 38.0 Å². The molecule has 18 heavy (non-hydrogen) atoms. The Bertz CT molecular complexity index is 475. The zero-order valence-corrected chi connectivity index (χ0v) is 12.5. The third-order valence-corrected chi connectivity index (χ3v) is 3.35. The zero-order chi connectivity index (χ0) is 13.3. The molecular weight excluding hydrogens is 296 g/mol. The van der Waals surface area contributed by atoms with Crippen LogP contribution in [0.15, 0.2) is 16.6 Å². The van der Waals surface area contributed by atoms with E-state index in [9.17, 15) is 4.79 Å². The van der Waals surface area contributed by atoms with E-state index in [1.54, 1.807) is 0 Å². The van der Waals surface area contributed by atoms with Crippen LogP contribution < -0.4 is 4.74 Å². The topological polar surface area (TPSA) is 35.5 Å². The second-order valence-electron chi connectivity index (χ2n) is 5.41. The Labute approximate surface area is 116 Å². The Morgan fingerprint density at radius 2 is 2.17 bits per heavy atom. The Hall–Kier alpha value is -1.03. The Morgan fingerprint density at radius 3 is 2.83 bits per heavy atom. The molecule has 0 amide bonds. The minimum Gasteiger partial charge on any atom is -0.493 e. The molecule has 0 fully saturated rings. The van der Waals surface area contributed by atoms with Crippen LogP contribution in [-0.2, 0) is 22.4 Å². The first-order valence-corrected chi connectivity index (χ1v) is 6.80. The molecule has 0 aliphatic carbocycles. The van der Waals surface area contributed by atoms with Gasteiger partial charge in [0.15, 0.2) is 0 Å². The molecule has 0 saturated carbocycles. The normalized spacial score (nSPS) is 14.0. The van der Waals surface area contributed by atoms with Crippen molar-refractivity contribution in [2.45, 2.75) is 39.2 Å². The Balaban J connectivity index is 2.12. The van der Waals surface area contributed by atoms with Crippen molar-refractivity contribution in [2.75, 3.05) is 6.61 Å². The van der Waals surface area contributed by atoms with E-state index in [1.807, 2.05) is 32.9 Å². The van der Waals surface area contributed by atoms with Crippen molar-refractivity contribution in [2.24, 2.45) is 0 Å². The summed E-state index contributed by atoms with van der Waals surface area (Å²) in [6, 6.07) is 3.96. The van der Waals surface area contributed by atoms with E-state index in [0.717, 1.165) is 34.4 Å². The van der Waals surface area contributed by atoms with E-state index in [0.29, 0.717) is 0 Å². The van der Waals surface area contributed by atoms with Gasteiger partial charge in [0.05, 0.1) is 13.0 Å². The van der Waals surface area contributed by atoms with Crippen LogP contribution in [-0.4, -0.2) is 18.2 Å². The second kappa shape index (κ2) is 4.92. The maximum absolute atomic E-state index is 11.8. The molecule has 0 N–H and O–H groups in total. The van der Waals surface area contributed by atoms with Crippen molar-refractivity contribution in [3.8, 4) is 5.75 Å². The third kappa shape index (κ3) is 3.25. The number of hydrogen-bond acceptors (Lipinski definition) is 3. The van der Waals surface area contributed by atoms with Gasteiger partial charge in [-0.1, -0.05) is 22.0 Å². The molecule has 1 aliphatic rings. The largest absolute Gasteiger partial charge is 0.493 e. The van der Waals surface area contributed by atoms with Gasteiger partial charge in [0.25, 0.3) is 0 Å². The van der Waals surface area contributed by atoms with E-state index >= 15 is 0 Å². The molecule has 1 aromatic rings. The highest BCUT2D eigenvalue weighted by molar-refractivity contribution is 9.10. The van der Waals surface area contributed by atoms with E-state index < -0.39 is 5.60 Å². The molecular formula is C14H17BrO3. The summed E-state index contributed by atoms with van der Waals surface area (Å²) in [7, 11) is 0. The van der Waals surface area contributed by atoms with Crippen LogP contribution in [0, 0.1) is 0 Å². The maximum Gasteiger partial charge on any atom is 0.310 e. The quantitative estimate of drug-likeness (QED) is 0.786. The van der Waals surface area contributed by atoms with Crippen molar-refractivity contribution in [1.29, 1.82) is 0 Å². The van der Waals surface area contributed by atoms with Crippen LogP contribution in [0.3, 0.4) is 0 Å². The third-order valence-electron chi connectivity index (χ3n) is 2.61. The van der Waals surface area contributed by atoms with Gasteiger partial charge >= 0.3 is 5.97 Å². The SMILES string of the molecule is CC(C)(C)OC(=O)Cc1cc2c(cc1Br)OCC2. The molecule has 0 radical (unpaired) electrons. The van der Waals surface area contributed by atoms with Gasteiger partial charge < -0.3 is 9.47 Å². The van der Waals surface area contributed by atoms with Gasteiger partial charge in [0.2, 0.25) is 0 Å². The van der Waals surface area contributed by atoms with Crippen LogP contribution in [0.1, 0.15) is 31.9 Å². The lowest BCUT2D eigenvalue weighted by Gasteiger charge is -2.19. The summed E-state index contributed by atoms with van der Waals surface area (Å²) in [6.07, 6.45) is 1.19. The fraction of sp³-hybridized carbons (Fsp3) is 0.500. The first-order chi connectivity index (χ1) is 8.35. The summed E-state index contributed by atoms with van der Waals surface area (Å²) in [5.41, 5.74) is 1.67. The van der Waals surface area contributed by atoms with Crippen LogP contribution in [0.25, 0.3) is 0 Å². The van der Waals surface area contributed by atoms with Gasteiger partial charge in [-0.3, -0.25) is 4.79 Å². The number of halogens is 1. The molecule has 0 spiro atoms. The maximum atomic E-state index is 11.8. The molecule has 0 atom stereocenters. The molecule has 1 aromatic carbocycles. The predicted molar refractivity (Wildman–Crippen MR) is 72.9 cm³/mol. The fourth-order valence-corrected chi connectivity index (χ4v) is 2.38. The molecule has 0 bridgehead atoms. The summed E-state index contributed by atoms with van der Waals surface area (Å²) in [6.45, 7) is 6.33. The smallest absolute Gasteiger partial charge is 0.310 e. The van der Waals surface area contributed by atoms with Gasteiger partial charge in [0.1, 0.15) is 11.4 Å². The number of esters is 1. The van der Waals surface area contributed by atoms with Crippen molar-refractivity contribution in [3.63, 3.8) is 0 Å². The minimum atomic E-state index is -0.441. The number of fused-ring (bicyclic) bond motifs is 1. The lowest BCUT2D eigenvalue weighted by molar-refractivity contribution is -0.153. The molecule has 0 unspecified atom stereocenters. The molecule has 1 aliphatic heterocycles. The minimum absolute atomic E-state index is 0.206. The van der Waals surface area contributed by atoms with E-state index in [2.05, 4.69) is 15.9 Å². The molecule has 98 valence electrons. The molecule has 4 heteroatoms. The van der Waals surface area contributed by atoms with Crippen molar-refractivity contribution < 1.29 is 14.3 Å². The standard InChI is InChI=1S/C14H17BrO3/c1-14(2,3)18-13(16)7-10-6-9-4-5-17-12(9)8-11(10)15/h6,8H,4-5,7H2,1-3H3. The van der Waals surface area contributed by atoms with Crippen LogP contribution in [0.4, 0.5) is 0 Å². The average Bonchev–Trinajstić information content (AvgIpc) is 2.62. The highest BCUT2D eigenvalue weighted by atomic mass is 79.9. The van der Waals surface area contributed by atoms with E-state index in [4.69, 9.17) is 9.47 Å². The summed E-state index contributed by atoms with van der Waals surface area (Å²) >= 11 is 3.47. The molecule has 3 nitrogen and oxygen atoms in total. The van der Waals surface area contributed by atoms with E-state index in [1.165, 1.54) is 0 Å². The van der Waals surface area contributed by atoms with Crippen LogP contribution in [0.5, 0.6) is 5.75 Å². The van der Waals surface area contributed by atoms with Crippen molar-refractivity contribution in [3.05, 3.63) is 27.7 Å². The number of benzene rings is 1. The first kappa shape index (κ1) is 13.4. The van der Waals surface area contributed by atoms with Gasteiger partial charge in [-0.25, -0.2) is 0 Å². The van der Waals surface area contributed by atoms with Crippen molar-refractivity contribution >= 4 is 21.9 Å². The monoisotopic (exact) mass is 312 g/mol.